The second kappa shape index (κ2) is 5.31. The molecule has 2 N–H and O–H groups in total. The molecule has 0 spiro atoms. The Bertz CT molecular complexity index is 389. The minimum Gasteiger partial charge on any atom is -0.480 e. The highest BCUT2D eigenvalue weighted by Crippen LogP contribution is 2.20. The second-order valence-corrected chi connectivity index (χ2v) is 4.70. The number of aryl methyl sites for hydroxylation is 1. The lowest BCUT2D eigenvalue weighted by Gasteiger charge is -2.29. The SMILES string of the molecule is CCCC(C)(NC(C)c1cnn(C)c1)C(=O)O. The first kappa shape index (κ1) is 13.7. The molecule has 0 aromatic carbocycles. The van der Waals surface area contributed by atoms with Crippen LogP contribution in [0.25, 0.3) is 0 Å². The van der Waals surface area contributed by atoms with E-state index in [1.54, 1.807) is 17.8 Å². The van der Waals surface area contributed by atoms with Crippen molar-refractivity contribution in [3.8, 4) is 0 Å². The van der Waals surface area contributed by atoms with Crippen molar-refractivity contribution in [1.29, 1.82) is 0 Å². The lowest BCUT2D eigenvalue weighted by atomic mass is 9.94. The molecule has 0 aliphatic rings. The van der Waals surface area contributed by atoms with Gasteiger partial charge in [-0.25, -0.2) is 0 Å². The maximum atomic E-state index is 11.3. The number of rotatable bonds is 6. The van der Waals surface area contributed by atoms with E-state index in [0.29, 0.717) is 6.42 Å². The van der Waals surface area contributed by atoms with E-state index in [-0.39, 0.29) is 6.04 Å². The first-order valence-electron chi connectivity index (χ1n) is 5.88. The summed E-state index contributed by atoms with van der Waals surface area (Å²) in [4.78, 5) is 11.3. The molecule has 0 aliphatic carbocycles. The fraction of sp³-hybridized carbons (Fsp3) is 0.667. The van der Waals surface area contributed by atoms with Crippen molar-refractivity contribution < 1.29 is 9.90 Å². The summed E-state index contributed by atoms with van der Waals surface area (Å²) in [5.41, 5.74) is 0.111. The van der Waals surface area contributed by atoms with E-state index in [2.05, 4.69) is 10.4 Å². The number of aromatic nitrogens is 2. The van der Waals surface area contributed by atoms with Gasteiger partial charge in [0.1, 0.15) is 5.54 Å². The predicted octanol–water partition coefficient (Wildman–Crippen LogP) is 1.71. The molecule has 96 valence electrons. The maximum absolute atomic E-state index is 11.3. The molecule has 2 unspecified atom stereocenters. The van der Waals surface area contributed by atoms with Gasteiger partial charge in [0.2, 0.25) is 0 Å². The van der Waals surface area contributed by atoms with Crippen LogP contribution in [0.15, 0.2) is 12.4 Å². The van der Waals surface area contributed by atoms with Crippen LogP contribution in [0.1, 0.15) is 45.2 Å². The van der Waals surface area contributed by atoms with Gasteiger partial charge in [-0.2, -0.15) is 5.10 Å². The molecule has 2 atom stereocenters. The number of carboxylic acid groups (broad SMARTS) is 1. The standard InChI is InChI=1S/C12H21N3O2/c1-5-6-12(3,11(16)17)14-9(2)10-7-13-15(4)8-10/h7-9,14H,5-6H2,1-4H3,(H,16,17). The van der Waals surface area contributed by atoms with Crippen LogP contribution in [-0.4, -0.2) is 26.4 Å². The Morgan fingerprint density at radius 2 is 2.35 bits per heavy atom. The van der Waals surface area contributed by atoms with E-state index in [1.807, 2.05) is 27.1 Å². The van der Waals surface area contributed by atoms with E-state index in [9.17, 15) is 9.90 Å². The Balaban J connectivity index is 2.77. The van der Waals surface area contributed by atoms with Gasteiger partial charge in [0.15, 0.2) is 0 Å². The van der Waals surface area contributed by atoms with Crippen molar-refractivity contribution >= 4 is 5.97 Å². The molecule has 0 radical (unpaired) electrons. The Morgan fingerprint density at radius 1 is 1.71 bits per heavy atom. The van der Waals surface area contributed by atoms with Crippen LogP contribution in [0, 0.1) is 0 Å². The van der Waals surface area contributed by atoms with Gasteiger partial charge in [0.05, 0.1) is 6.20 Å². The largest absolute Gasteiger partial charge is 0.480 e. The molecule has 0 aliphatic heterocycles. The molecule has 0 fully saturated rings. The van der Waals surface area contributed by atoms with Crippen molar-refractivity contribution in [2.75, 3.05) is 0 Å². The van der Waals surface area contributed by atoms with E-state index < -0.39 is 11.5 Å². The van der Waals surface area contributed by atoms with E-state index >= 15 is 0 Å². The fourth-order valence-electron chi connectivity index (χ4n) is 1.97. The average molecular weight is 239 g/mol. The molecule has 0 saturated heterocycles. The summed E-state index contributed by atoms with van der Waals surface area (Å²) in [5.74, 6) is -0.810. The van der Waals surface area contributed by atoms with Gasteiger partial charge < -0.3 is 5.11 Å². The normalized spacial score (nSPS) is 16.5. The Morgan fingerprint density at radius 3 is 2.76 bits per heavy atom. The molecule has 0 saturated carbocycles. The summed E-state index contributed by atoms with van der Waals surface area (Å²) < 4.78 is 1.71. The summed E-state index contributed by atoms with van der Waals surface area (Å²) in [7, 11) is 1.85. The molecule has 0 bridgehead atoms. The van der Waals surface area contributed by atoms with E-state index in [1.165, 1.54) is 0 Å². The monoisotopic (exact) mass is 239 g/mol. The van der Waals surface area contributed by atoms with Gasteiger partial charge in [0, 0.05) is 24.8 Å². The van der Waals surface area contributed by atoms with Gasteiger partial charge in [-0.3, -0.25) is 14.8 Å². The number of nitrogens with zero attached hydrogens (tertiary/aromatic N) is 2. The van der Waals surface area contributed by atoms with Crippen LogP contribution in [-0.2, 0) is 11.8 Å². The van der Waals surface area contributed by atoms with E-state index in [0.717, 1.165) is 12.0 Å². The van der Waals surface area contributed by atoms with Gasteiger partial charge in [-0.05, 0) is 20.3 Å². The van der Waals surface area contributed by atoms with Crippen molar-refractivity contribution in [2.24, 2.45) is 7.05 Å². The summed E-state index contributed by atoms with van der Waals surface area (Å²) >= 11 is 0. The molecule has 1 rings (SSSR count). The van der Waals surface area contributed by atoms with Crippen molar-refractivity contribution in [3.05, 3.63) is 18.0 Å². The minimum absolute atomic E-state index is 0.0312. The molecule has 17 heavy (non-hydrogen) atoms. The second-order valence-electron chi connectivity index (χ2n) is 4.70. The molecule has 5 heteroatoms. The van der Waals surface area contributed by atoms with Gasteiger partial charge in [0.25, 0.3) is 0 Å². The van der Waals surface area contributed by atoms with Crippen LogP contribution in [0.2, 0.25) is 0 Å². The zero-order valence-corrected chi connectivity index (χ0v) is 10.9. The van der Waals surface area contributed by atoms with Gasteiger partial charge >= 0.3 is 5.97 Å². The van der Waals surface area contributed by atoms with Crippen LogP contribution in [0.4, 0.5) is 0 Å². The molecule has 1 aromatic rings. The molecular formula is C12H21N3O2. The van der Waals surface area contributed by atoms with E-state index in [4.69, 9.17) is 0 Å². The molecule has 1 aromatic heterocycles. The third kappa shape index (κ3) is 3.30. The third-order valence-electron chi connectivity index (χ3n) is 2.98. The Hall–Kier alpha value is -1.36. The lowest BCUT2D eigenvalue weighted by Crippen LogP contribution is -2.50. The zero-order valence-electron chi connectivity index (χ0n) is 10.9. The topological polar surface area (TPSA) is 67.2 Å². The summed E-state index contributed by atoms with van der Waals surface area (Å²) in [6.45, 7) is 5.66. The van der Waals surface area contributed by atoms with Crippen LogP contribution < -0.4 is 5.32 Å². The highest BCUT2D eigenvalue weighted by molar-refractivity contribution is 5.78. The number of carbonyl (C=O) groups is 1. The number of carboxylic acids is 1. The minimum atomic E-state index is -0.885. The van der Waals surface area contributed by atoms with Crippen molar-refractivity contribution in [1.82, 2.24) is 15.1 Å². The lowest BCUT2D eigenvalue weighted by molar-refractivity contribution is -0.144. The number of aliphatic carboxylic acids is 1. The highest BCUT2D eigenvalue weighted by atomic mass is 16.4. The molecule has 5 nitrogen and oxygen atoms in total. The molecule has 0 amide bonds. The van der Waals surface area contributed by atoms with Crippen molar-refractivity contribution in [2.45, 2.75) is 45.2 Å². The quantitative estimate of drug-likeness (QED) is 0.793. The first-order valence-corrected chi connectivity index (χ1v) is 5.88. The number of hydrogen-bond donors (Lipinski definition) is 2. The predicted molar refractivity (Wildman–Crippen MR) is 65.7 cm³/mol. The summed E-state index contributed by atoms with van der Waals surface area (Å²) in [6, 6.07) is -0.0312. The Labute approximate surface area is 102 Å². The van der Waals surface area contributed by atoms with Crippen LogP contribution in [0.3, 0.4) is 0 Å². The first-order chi connectivity index (χ1) is 7.89. The highest BCUT2D eigenvalue weighted by Gasteiger charge is 2.33. The summed E-state index contributed by atoms with van der Waals surface area (Å²) in [5, 5.41) is 16.5. The van der Waals surface area contributed by atoms with Gasteiger partial charge in [-0.1, -0.05) is 13.3 Å². The number of hydrogen-bond acceptors (Lipinski definition) is 3. The Kier molecular flexibility index (Phi) is 4.28. The van der Waals surface area contributed by atoms with Gasteiger partial charge in [-0.15, -0.1) is 0 Å². The number of nitrogens with one attached hydrogen (secondary N) is 1. The zero-order chi connectivity index (χ0) is 13.1. The fourth-order valence-corrected chi connectivity index (χ4v) is 1.97. The molecule has 1 heterocycles. The smallest absolute Gasteiger partial charge is 0.323 e. The van der Waals surface area contributed by atoms with Crippen molar-refractivity contribution in [3.63, 3.8) is 0 Å². The summed E-state index contributed by atoms with van der Waals surface area (Å²) in [6.07, 6.45) is 5.08. The van der Waals surface area contributed by atoms with Crippen LogP contribution >= 0.6 is 0 Å². The third-order valence-corrected chi connectivity index (χ3v) is 2.98. The molecular weight excluding hydrogens is 218 g/mol. The maximum Gasteiger partial charge on any atom is 0.323 e. The van der Waals surface area contributed by atoms with Crippen LogP contribution in [0.5, 0.6) is 0 Å². The average Bonchev–Trinajstić information content (AvgIpc) is 2.65.